The van der Waals surface area contributed by atoms with Gasteiger partial charge in [-0.1, -0.05) is 0 Å². The third-order valence-electron chi connectivity index (χ3n) is 2.15. The summed E-state index contributed by atoms with van der Waals surface area (Å²) in [5.74, 6) is 0. The zero-order chi connectivity index (χ0) is 11.3. The molecule has 0 aromatic heterocycles. The van der Waals surface area contributed by atoms with Crippen molar-refractivity contribution in [2.75, 3.05) is 13.2 Å². The minimum absolute atomic E-state index is 0.0210. The van der Waals surface area contributed by atoms with E-state index < -0.39 is 0 Å². The van der Waals surface area contributed by atoms with Gasteiger partial charge in [0.1, 0.15) is 0 Å². The van der Waals surface area contributed by atoms with Crippen molar-refractivity contribution in [3.63, 3.8) is 0 Å². The van der Waals surface area contributed by atoms with Gasteiger partial charge in [-0.2, -0.15) is 0 Å². The summed E-state index contributed by atoms with van der Waals surface area (Å²) < 4.78 is 0.0210. The normalized spacial score (nSPS) is 19.7. The van der Waals surface area contributed by atoms with Crippen LogP contribution in [0.1, 0.15) is 33.1 Å². The first-order valence-corrected chi connectivity index (χ1v) is 6.08. The Labute approximate surface area is 95.3 Å². The number of rotatable bonds is 5. The lowest BCUT2D eigenvalue weighted by Gasteiger charge is -2.26. The maximum Gasteiger partial charge on any atom is 0.0499 e. The average Bonchev–Trinajstić information content (AvgIpc) is 2.16. The summed E-state index contributed by atoms with van der Waals surface area (Å²) >= 11 is 1.76. The minimum atomic E-state index is 0.0210. The maximum atomic E-state index is 8.98. The van der Waals surface area contributed by atoms with E-state index in [1.54, 1.807) is 11.8 Å². The van der Waals surface area contributed by atoms with Crippen LogP contribution in [-0.2, 0) is 0 Å². The Bertz CT molecular complexity index is 272. The molecular formula is C11H19NO2S. The van der Waals surface area contributed by atoms with Crippen molar-refractivity contribution < 1.29 is 10.2 Å². The van der Waals surface area contributed by atoms with Gasteiger partial charge in [-0.3, -0.25) is 4.99 Å². The number of aliphatic hydroxyl groups excluding tert-OH is 2. The number of aliphatic hydroxyl groups is 2. The molecule has 1 heterocycles. The lowest BCUT2D eigenvalue weighted by Crippen LogP contribution is -2.20. The number of hydrogen-bond acceptors (Lipinski definition) is 4. The first kappa shape index (κ1) is 12.7. The second-order valence-corrected chi connectivity index (χ2v) is 5.88. The Morgan fingerprint density at radius 1 is 1.27 bits per heavy atom. The Kier molecular flexibility index (Phi) is 4.83. The van der Waals surface area contributed by atoms with E-state index in [1.807, 2.05) is 6.21 Å². The fraction of sp³-hybridized carbons (Fsp3) is 0.727. The minimum Gasteiger partial charge on any atom is -0.396 e. The van der Waals surface area contributed by atoms with Gasteiger partial charge in [0.2, 0.25) is 0 Å². The van der Waals surface area contributed by atoms with Gasteiger partial charge >= 0.3 is 0 Å². The zero-order valence-electron chi connectivity index (χ0n) is 9.36. The summed E-state index contributed by atoms with van der Waals surface area (Å²) in [6.07, 6.45) is 4.16. The van der Waals surface area contributed by atoms with Crippen LogP contribution in [0.3, 0.4) is 0 Å². The quantitative estimate of drug-likeness (QED) is 0.757. The molecule has 0 aromatic carbocycles. The molecule has 2 N–H and O–H groups in total. The third kappa shape index (κ3) is 3.97. The standard InChI is InChI=1S/C11H19NO2S/c1-11(2)8-12-9(4-3-6-13)10(15-11)5-7-14/h8,13-14H,3-7H2,1-2H3. The number of allylic oxidation sites excluding steroid dienone is 1. The molecule has 0 radical (unpaired) electrons. The van der Waals surface area contributed by atoms with Crippen LogP contribution in [0, 0.1) is 0 Å². The van der Waals surface area contributed by atoms with Gasteiger partial charge in [-0.05, 0) is 26.7 Å². The van der Waals surface area contributed by atoms with Crippen molar-refractivity contribution in [2.24, 2.45) is 4.99 Å². The molecule has 4 heteroatoms. The Hall–Kier alpha value is -0.320. The van der Waals surface area contributed by atoms with E-state index in [2.05, 4.69) is 18.8 Å². The monoisotopic (exact) mass is 229 g/mol. The first-order valence-electron chi connectivity index (χ1n) is 5.27. The summed E-state index contributed by atoms with van der Waals surface area (Å²) in [7, 11) is 0. The van der Waals surface area contributed by atoms with Gasteiger partial charge < -0.3 is 10.2 Å². The van der Waals surface area contributed by atoms with Crippen LogP contribution in [0.5, 0.6) is 0 Å². The molecule has 0 amide bonds. The van der Waals surface area contributed by atoms with Gasteiger partial charge in [0.05, 0.1) is 0 Å². The van der Waals surface area contributed by atoms with Gasteiger partial charge in [0, 0.05) is 41.2 Å². The summed E-state index contributed by atoms with van der Waals surface area (Å²) in [4.78, 5) is 5.60. The smallest absolute Gasteiger partial charge is 0.0499 e. The summed E-state index contributed by atoms with van der Waals surface area (Å²) in [5, 5.41) is 17.8. The molecule has 0 unspecified atom stereocenters. The average molecular weight is 229 g/mol. The summed E-state index contributed by atoms with van der Waals surface area (Å²) in [6, 6.07) is 0. The van der Waals surface area contributed by atoms with E-state index in [0.717, 1.165) is 18.5 Å². The molecule has 0 saturated carbocycles. The largest absolute Gasteiger partial charge is 0.396 e. The molecule has 86 valence electrons. The maximum absolute atomic E-state index is 8.98. The number of thioether (sulfide) groups is 1. The molecule has 0 saturated heterocycles. The molecule has 0 aromatic rings. The van der Waals surface area contributed by atoms with Crippen molar-refractivity contribution in [1.82, 2.24) is 0 Å². The van der Waals surface area contributed by atoms with Crippen LogP contribution >= 0.6 is 11.8 Å². The van der Waals surface area contributed by atoms with Crippen LogP contribution in [0.2, 0.25) is 0 Å². The molecule has 1 aliphatic heterocycles. The molecule has 0 spiro atoms. The second kappa shape index (κ2) is 5.68. The van der Waals surface area contributed by atoms with Gasteiger partial charge in [-0.15, -0.1) is 11.8 Å². The number of nitrogens with zero attached hydrogens (tertiary/aromatic N) is 1. The summed E-state index contributed by atoms with van der Waals surface area (Å²) in [6.45, 7) is 4.58. The zero-order valence-corrected chi connectivity index (χ0v) is 10.2. The Morgan fingerprint density at radius 3 is 2.60 bits per heavy atom. The predicted molar refractivity (Wildman–Crippen MR) is 65.2 cm³/mol. The lowest BCUT2D eigenvalue weighted by molar-refractivity contribution is 0.287. The number of aliphatic imine (C=N–C) groups is 1. The van der Waals surface area contributed by atoms with Crippen molar-refractivity contribution in [3.8, 4) is 0 Å². The first-order chi connectivity index (χ1) is 7.09. The molecule has 0 aliphatic carbocycles. The highest BCUT2D eigenvalue weighted by atomic mass is 32.2. The number of hydrogen-bond donors (Lipinski definition) is 2. The second-order valence-electron chi connectivity index (χ2n) is 4.13. The molecular weight excluding hydrogens is 210 g/mol. The Balaban J connectivity index is 2.73. The molecule has 1 aliphatic rings. The molecule has 0 atom stereocenters. The molecule has 0 bridgehead atoms. The fourth-order valence-electron chi connectivity index (χ4n) is 1.46. The van der Waals surface area contributed by atoms with Gasteiger partial charge in [0.25, 0.3) is 0 Å². The SMILES string of the molecule is CC1(C)C=NC(CCCO)=C(CCO)S1. The predicted octanol–water partition coefficient (Wildman–Crippen LogP) is 1.95. The highest BCUT2D eigenvalue weighted by molar-refractivity contribution is 8.05. The van der Waals surface area contributed by atoms with Crippen LogP contribution in [0.15, 0.2) is 15.6 Å². The summed E-state index contributed by atoms with van der Waals surface area (Å²) in [5.41, 5.74) is 1.03. The van der Waals surface area contributed by atoms with E-state index >= 15 is 0 Å². The van der Waals surface area contributed by atoms with Crippen molar-refractivity contribution >= 4 is 18.0 Å². The van der Waals surface area contributed by atoms with E-state index in [9.17, 15) is 0 Å². The highest BCUT2D eigenvalue weighted by Gasteiger charge is 2.24. The fourth-order valence-corrected chi connectivity index (χ4v) is 2.66. The van der Waals surface area contributed by atoms with Crippen LogP contribution in [0.25, 0.3) is 0 Å². The van der Waals surface area contributed by atoms with Gasteiger partial charge in [0.15, 0.2) is 0 Å². The van der Waals surface area contributed by atoms with Gasteiger partial charge in [-0.25, -0.2) is 0 Å². The van der Waals surface area contributed by atoms with E-state index in [1.165, 1.54) is 4.91 Å². The molecule has 3 nitrogen and oxygen atoms in total. The highest BCUT2D eigenvalue weighted by Crippen LogP contribution is 2.39. The van der Waals surface area contributed by atoms with Crippen LogP contribution in [-0.4, -0.2) is 34.4 Å². The topological polar surface area (TPSA) is 52.8 Å². The lowest BCUT2D eigenvalue weighted by atomic mass is 10.2. The van der Waals surface area contributed by atoms with E-state index in [0.29, 0.717) is 6.42 Å². The van der Waals surface area contributed by atoms with Crippen molar-refractivity contribution in [3.05, 3.63) is 10.6 Å². The van der Waals surface area contributed by atoms with Crippen LogP contribution < -0.4 is 0 Å². The Morgan fingerprint density at radius 2 is 2.00 bits per heavy atom. The van der Waals surface area contributed by atoms with Crippen LogP contribution in [0.4, 0.5) is 0 Å². The van der Waals surface area contributed by atoms with Crippen molar-refractivity contribution in [2.45, 2.75) is 37.9 Å². The van der Waals surface area contributed by atoms with E-state index in [-0.39, 0.29) is 18.0 Å². The van der Waals surface area contributed by atoms with E-state index in [4.69, 9.17) is 10.2 Å². The molecule has 1 rings (SSSR count). The third-order valence-corrected chi connectivity index (χ3v) is 3.47. The molecule has 0 fully saturated rings. The van der Waals surface area contributed by atoms with Crippen molar-refractivity contribution in [1.29, 1.82) is 0 Å². The molecule has 15 heavy (non-hydrogen) atoms.